The molecule has 0 fully saturated rings. The van der Waals surface area contributed by atoms with Crippen LogP contribution >= 0.6 is 27.5 Å². The van der Waals surface area contributed by atoms with Crippen molar-refractivity contribution < 1.29 is 9.47 Å². The molecule has 1 aromatic heterocycles. The van der Waals surface area contributed by atoms with E-state index >= 15 is 0 Å². The van der Waals surface area contributed by atoms with Crippen LogP contribution in [0.25, 0.3) is 0 Å². The minimum Gasteiger partial charge on any atom is -0.495 e. The van der Waals surface area contributed by atoms with Crippen molar-refractivity contribution in [3.05, 3.63) is 28.0 Å². The van der Waals surface area contributed by atoms with Crippen LogP contribution in [0.15, 0.2) is 22.7 Å². The molecule has 2 rings (SSSR count). The van der Waals surface area contributed by atoms with Crippen LogP contribution in [0, 0.1) is 0 Å². The predicted octanol–water partition coefficient (Wildman–Crippen LogP) is 3.83. The Kier molecular flexibility index (Phi) is 5.58. The first-order valence-electron chi connectivity index (χ1n) is 6.27. The van der Waals surface area contributed by atoms with E-state index in [4.69, 9.17) is 21.1 Å². The van der Waals surface area contributed by atoms with E-state index in [0.717, 1.165) is 16.6 Å². The van der Waals surface area contributed by atoms with E-state index in [1.54, 1.807) is 7.11 Å². The molecule has 0 aliphatic carbocycles. The second-order valence-electron chi connectivity index (χ2n) is 4.03. The first-order valence-corrected chi connectivity index (χ1v) is 7.44. The third-order valence-electron chi connectivity index (χ3n) is 2.43. The van der Waals surface area contributed by atoms with Gasteiger partial charge in [-0.3, -0.25) is 0 Å². The van der Waals surface area contributed by atoms with Crippen molar-refractivity contribution in [3.63, 3.8) is 0 Å². The van der Waals surface area contributed by atoms with Gasteiger partial charge in [-0.05, 0) is 46.1 Å². The Balaban J connectivity index is 2.20. The Morgan fingerprint density at radius 3 is 2.81 bits per heavy atom. The van der Waals surface area contributed by atoms with E-state index < -0.39 is 0 Å². The van der Waals surface area contributed by atoms with Gasteiger partial charge in [-0.25, -0.2) is 0 Å². The van der Waals surface area contributed by atoms with Crippen molar-refractivity contribution in [3.8, 4) is 11.8 Å². The average molecular weight is 374 g/mol. The Labute approximate surface area is 136 Å². The van der Waals surface area contributed by atoms with E-state index in [1.165, 1.54) is 0 Å². The van der Waals surface area contributed by atoms with Gasteiger partial charge in [0.05, 0.1) is 18.2 Å². The highest BCUT2D eigenvalue weighted by Crippen LogP contribution is 2.29. The van der Waals surface area contributed by atoms with Crippen molar-refractivity contribution in [1.82, 2.24) is 15.0 Å². The molecule has 21 heavy (non-hydrogen) atoms. The van der Waals surface area contributed by atoms with Gasteiger partial charge in [-0.15, -0.1) is 0 Å². The topological polar surface area (TPSA) is 69.2 Å². The quantitative estimate of drug-likeness (QED) is 0.830. The zero-order valence-corrected chi connectivity index (χ0v) is 13.9. The van der Waals surface area contributed by atoms with E-state index in [2.05, 4.69) is 36.2 Å². The smallest absolute Gasteiger partial charge is 0.322 e. The molecule has 0 saturated carbocycles. The fourth-order valence-electron chi connectivity index (χ4n) is 1.51. The van der Waals surface area contributed by atoms with Gasteiger partial charge >= 0.3 is 6.01 Å². The van der Waals surface area contributed by atoms with Gasteiger partial charge in [0.25, 0.3) is 0 Å². The molecule has 1 aromatic carbocycles. The zero-order chi connectivity index (χ0) is 15.2. The molecule has 6 nitrogen and oxygen atoms in total. The fraction of sp³-hybridized carbons (Fsp3) is 0.308. The van der Waals surface area contributed by atoms with Crippen molar-refractivity contribution in [2.45, 2.75) is 13.3 Å². The summed E-state index contributed by atoms with van der Waals surface area (Å²) in [5.74, 6) is 1.01. The number of nitrogens with zero attached hydrogens (tertiary/aromatic N) is 3. The SMILES string of the molecule is CCCOc1nc(Cl)nc(Nc2ccc(Br)c(OC)c2)n1. The monoisotopic (exact) mass is 372 g/mol. The molecule has 0 spiro atoms. The lowest BCUT2D eigenvalue weighted by Crippen LogP contribution is -2.05. The number of methoxy groups -OCH3 is 1. The predicted molar refractivity (Wildman–Crippen MR) is 84.6 cm³/mol. The molecule has 0 radical (unpaired) electrons. The van der Waals surface area contributed by atoms with Gasteiger partial charge in [0.2, 0.25) is 11.2 Å². The van der Waals surface area contributed by atoms with Gasteiger partial charge in [0.15, 0.2) is 0 Å². The molecular formula is C13H14BrClN4O2. The van der Waals surface area contributed by atoms with Crippen LogP contribution in [0.5, 0.6) is 11.8 Å². The minimum absolute atomic E-state index is 0.0719. The van der Waals surface area contributed by atoms with E-state index in [-0.39, 0.29) is 11.3 Å². The van der Waals surface area contributed by atoms with Gasteiger partial charge in [-0.2, -0.15) is 15.0 Å². The molecule has 0 bridgehead atoms. The number of halogens is 2. The molecule has 1 heterocycles. The molecule has 0 saturated heterocycles. The Morgan fingerprint density at radius 1 is 1.29 bits per heavy atom. The Bertz CT molecular complexity index is 627. The molecule has 112 valence electrons. The number of benzene rings is 1. The number of rotatable bonds is 6. The van der Waals surface area contributed by atoms with E-state index in [1.807, 2.05) is 25.1 Å². The van der Waals surface area contributed by atoms with Gasteiger partial charge < -0.3 is 14.8 Å². The largest absolute Gasteiger partial charge is 0.495 e. The molecule has 0 aliphatic rings. The number of aromatic nitrogens is 3. The third kappa shape index (κ3) is 4.44. The number of nitrogens with one attached hydrogen (secondary N) is 1. The highest BCUT2D eigenvalue weighted by atomic mass is 79.9. The Hall–Kier alpha value is -1.60. The van der Waals surface area contributed by atoms with Crippen molar-refractivity contribution in [1.29, 1.82) is 0 Å². The number of hydrogen-bond donors (Lipinski definition) is 1. The summed E-state index contributed by atoms with van der Waals surface area (Å²) < 4.78 is 11.5. The normalized spacial score (nSPS) is 10.3. The molecule has 0 unspecified atom stereocenters. The number of anilines is 2. The average Bonchev–Trinajstić information content (AvgIpc) is 2.46. The highest BCUT2D eigenvalue weighted by Gasteiger charge is 2.08. The maximum absolute atomic E-state index is 5.86. The van der Waals surface area contributed by atoms with Gasteiger partial charge in [0.1, 0.15) is 5.75 Å². The molecule has 0 atom stereocenters. The van der Waals surface area contributed by atoms with Crippen LogP contribution in [0.2, 0.25) is 5.28 Å². The van der Waals surface area contributed by atoms with Crippen LogP contribution in [0.4, 0.5) is 11.6 Å². The third-order valence-corrected chi connectivity index (χ3v) is 3.25. The molecule has 8 heteroatoms. The summed E-state index contributed by atoms with van der Waals surface area (Å²) in [5.41, 5.74) is 0.763. The second kappa shape index (κ2) is 7.42. The van der Waals surface area contributed by atoms with E-state index in [9.17, 15) is 0 Å². The maximum Gasteiger partial charge on any atom is 0.322 e. The second-order valence-corrected chi connectivity index (χ2v) is 5.23. The summed E-state index contributed by atoms with van der Waals surface area (Å²) in [6.45, 7) is 2.52. The van der Waals surface area contributed by atoms with Gasteiger partial charge in [-0.1, -0.05) is 6.92 Å². The summed E-state index contributed by atoms with van der Waals surface area (Å²) in [5, 5.41) is 3.11. The van der Waals surface area contributed by atoms with Crippen molar-refractivity contribution >= 4 is 39.2 Å². The van der Waals surface area contributed by atoms with Gasteiger partial charge in [0, 0.05) is 11.8 Å². The summed E-state index contributed by atoms with van der Waals surface area (Å²) >= 11 is 9.26. The Morgan fingerprint density at radius 2 is 2.10 bits per heavy atom. The van der Waals surface area contributed by atoms with E-state index in [0.29, 0.717) is 18.3 Å². The molecule has 2 aromatic rings. The minimum atomic E-state index is 0.0719. The lowest BCUT2D eigenvalue weighted by molar-refractivity contribution is 0.292. The molecular weight excluding hydrogens is 360 g/mol. The summed E-state index contributed by atoms with van der Waals surface area (Å²) in [6, 6.07) is 5.73. The lowest BCUT2D eigenvalue weighted by atomic mass is 10.3. The molecule has 1 N–H and O–H groups in total. The van der Waals surface area contributed by atoms with Crippen molar-refractivity contribution in [2.24, 2.45) is 0 Å². The van der Waals surface area contributed by atoms with Crippen molar-refractivity contribution in [2.75, 3.05) is 19.0 Å². The van der Waals surface area contributed by atoms with Crippen LogP contribution in [-0.2, 0) is 0 Å². The zero-order valence-electron chi connectivity index (χ0n) is 11.6. The summed E-state index contributed by atoms with van der Waals surface area (Å²) in [7, 11) is 1.60. The highest BCUT2D eigenvalue weighted by molar-refractivity contribution is 9.10. The summed E-state index contributed by atoms with van der Waals surface area (Å²) in [6.07, 6.45) is 0.857. The van der Waals surface area contributed by atoms with Crippen LogP contribution in [0.3, 0.4) is 0 Å². The first kappa shape index (κ1) is 15.8. The fourth-order valence-corrected chi connectivity index (χ4v) is 2.07. The lowest BCUT2D eigenvalue weighted by Gasteiger charge is -2.09. The van der Waals surface area contributed by atoms with Crippen LogP contribution < -0.4 is 14.8 Å². The van der Waals surface area contributed by atoms with Crippen LogP contribution in [0.1, 0.15) is 13.3 Å². The molecule has 0 aliphatic heterocycles. The van der Waals surface area contributed by atoms with Crippen LogP contribution in [-0.4, -0.2) is 28.7 Å². The number of hydrogen-bond acceptors (Lipinski definition) is 6. The standard InChI is InChI=1S/C13H14BrClN4O2/c1-3-6-21-13-18-11(15)17-12(19-13)16-8-4-5-9(14)10(7-8)20-2/h4-5,7H,3,6H2,1-2H3,(H,16,17,18,19). The first-order chi connectivity index (χ1) is 10.1. The summed E-state index contributed by atoms with van der Waals surface area (Å²) in [4.78, 5) is 12.1. The number of ether oxygens (including phenoxy) is 2. The maximum atomic E-state index is 5.86. The molecule has 0 amide bonds.